The maximum absolute atomic E-state index is 4.98. The van der Waals surface area contributed by atoms with Gasteiger partial charge in [0.2, 0.25) is 0 Å². The lowest BCUT2D eigenvalue weighted by atomic mass is 10.6. The highest BCUT2D eigenvalue weighted by atomic mass is 16.5. The minimum atomic E-state index is 0.495. The second-order valence-electron chi connectivity index (χ2n) is 1.35. The van der Waals surface area contributed by atoms with E-state index in [4.69, 9.17) is 4.74 Å². The molecule has 0 saturated carbocycles. The van der Waals surface area contributed by atoms with Crippen LogP contribution < -0.4 is 0 Å². The Hall–Kier alpha value is -0.960. The lowest BCUT2D eigenvalue weighted by molar-refractivity contribution is 0.199. The second kappa shape index (κ2) is 7.04. The molecule has 0 aliphatic rings. The Labute approximate surface area is 56.0 Å². The van der Waals surface area contributed by atoms with Crippen molar-refractivity contribution in [3.63, 3.8) is 0 Å². The largest absolute Gasteiger partial charge is 0.364 e. The Morgan fingerprint density at radius 1 is 1.67 bits per heavy atom. The third-order valence-electron chi connectivity index (χ3n) is 0.697. The number of rotatable bonds is 3. The van der Waals surface area contributed by atoms with Crippen LogP contribution in [0.25, 0.3) is 0 Å². The van der Waals surface area contributed by atoms with Gasteiger partial charge in [0.15, 0.2) is 0 Å². The van der Waals surface area contributed by atoms with Crippen LogP contribution in [-0.4, -0.2) is 13.2 Å². The van der Waals surface area contributed by atoms with Crippen LogP contribution in [0.15, 0.2) is 18.4 Å². The molecule has 0 N–H and O–H groups in total. The van der Waals surface area contributed by atoms with E-state index in [-0.39, 0.29) is 0 Å². The fourth-order valence-corrected chi connectivity index (χ4v) is 0.300. The van der Waals surface area contributed by atoms with Gasteiger partial charge in [-0.3, -0.25) is 0 Å². The monoisotopic (exact) mass is 122 g/mol. The standard InChI is InChI=1S/C8H10O/c1-3-5-7-9-8-6-4-2/h5H,1,7-8H2,2H3. The van der Waals surface area contributed by atoms with Gasteiger partial charge >= 0.3 is 0 Å². The van der Waals surface area contributed by atoms with E-state index in [1.165, 1.54) is 0 Å². The van der Waals surface area contributed by atoms with Crippen molar-refractivity contribution in [2.24, 2.45) is 0 Å². The zero-order valence-electron chi connectivity index (χ0n) is 5.61. The molecule has 1 heteroatoms. The van der Waals surface area contributed by atoms with Gasteiger partial charge in [0.05, 0.1) is 6.61 Å². The summed E-state index contributed by atoms with van der Waals surface area (Å²) < 4.78 is 4.98. The summed E-state index contributed by atoms with van der Waals surface area (Å²) in [4.78, 5) is 0. The average Bonchev–Trinajstić information content (AvgIpc) is 1.89. The Morgan fingerprint density at radius 2 is 2.44 bits per heavy atom. The van der Waals surface area contributed by atoms with Crippen molar-refractivity contribution < 1.29 is 4.74 Å². The van der Waals surface area contributed by atoms with Gasteiger partial charge < -0.3 is 4.74 Å². The van der Waals surface area contributed by atoms with Gasteiger partial charge in [0, 0.05) is 0 Å². The van der Waals surface area contributed by atoms with Crippen LogP contribution in [-0.2, 0) is 4.74 Å². The molecular weight excluding hydrogens is 112 g/mol. The molecular formula is C8H10O. The van der Waals surface area contributed by atoms with Crippen molar-refractivity contribution >= 4 is 0 Å². The average molecular weight is 122 g/mol. The van der Waals surface area contributed by atoms with E-state index in [1.807, 2.05) is 0 Å². The molecule has 0 saturated heterocycles. The Balaban J connectivity index is 3.07. The number of hydrogen-bond acceptors (Lipinski definition) is 1. The molecule has 0 atom stereocenters. The molecule has 0 aromatic rings. The lowest BCUT2D eigenvalue weighted by Crippen LogP contribution is -1.89. The molecule has 0 unspecified atom stereocenters. The summed E-state index contributed by atoms with van der Waals surface area (Å²) in [6.07, 6.45) is 1.72. The predicted molar refractivity (Wildman–Crippen MR) is 38.0 cm³/mol. The van der Waals surface area contributed by atoms with E-state index in [2.05, 4.69) is 24.2 Å². The summed E-state index contributed by atoms with van der Waals surface area (Å²) in [6.45, 7) is 6.21. The fourth-order valence-electron chi connectivity index (χ4n) is 0.300. The normalized spacial score (nSPS) is 6.78. The quantitative estimate of drug-likeness (QED) is 0.312. The molecule has 0 aliphatic carbocycles. The van der Waals surface area contributed by atoms with Gasteiger partial charge in [-0.05, 0) is 13.0 Å². The Bertz CT molecular complexity index is 153. The highest BCUT2D eigenvalue weighted by Gasteiger charge is 1.73. The van der Waals surface area contributed by atoms with Gasteiger partial charge in [-0.25, -0.2) is 0 Å². The first-order chi connectivity index (χ1) is 4.41. The molecule has 0 bridgehead atoms. The van der Waals surface area contributed by atoms with Crippen molar-refractivity contribution in [2.75, 3.05) is 13.2 Å². The van der Waals surface area contributed by atoms with E-state index < -0.39 is 0 Å². The second-order valence-corrected chi connectivity index (χ2v) is 1.35. The molecule has 0 heterocycles. The maximum Gasteiger partial charge on any atom is 0.108 e. The Kier molecular flexibility index (Phi) is 6.29. The zero-order chi connectivity index (χ0) is 6.95. The first-order valence-corrected chi connectivity index (χ1v) is 2.73. The van der Waals surface area contributed by atoms with Crippen LogP contribution in [0.4, 0.5) is 0 Å². The molecule has 0 amide bonds. The van der Waals surface area contributed by atoms with E-state index in [1.54, 1.807) is 13.0 Å². The molecule has 0 rings (SSSR count). The molecule has 0 aliphatic heterocycles. The zero-order valence-corrected chi connectivity index (χ0v) is 5.61. The van der Waals surface area contributed by atoms with Crippen LogP contribution in [0.3, 0.4) is 0 Å². The van der Waals surface area contributed by atoms with Crippen LogP contribution >= 0.6 is 0 Å². The van der Waals surface area contributed by atoms with Crippen molar-refractivity contribution in [3.8, 4) is 11.8 Å². The van der Waals surface area contributed by atoms with Gasteiger partial charge in [0.1, 0.15) is 6.61 Å². The minimum Gasteiger partial charge on any atom is -0.364 e. The molecule has 0 aromatic carbocycles. The van der Waals surface area contributed by atoms with Gasteiger partial charge in [-0.1, -0.05) is 12.5 Å². The third-order valence-corrected chi connectivity index (χ3v) is 0.697. The summed E-state index contributed by atoms with van der Waals surface area (Å²) in [5.74, 6) is 5.49. The third kappa shape index (κ3) is 7.04. The van der Waals surface area contributed by atoms with Gasteiger partial charge in [-0.15, -0.1) is 11.7 Å². The smallest absolute Gasteiger partial charge is 0.108 e. The highest BCUT2D eigenvalue weighted by Crippen LogP contribution is 1.72. The summed E-state index contributed by atoms with van der Waals surface area (Å²) in [5.41, 5.74) is 2.60. The number of ether oxygens (including phenoxy) is 1. The van der Waals surface area contributed by atoms with Crippen molar-refractivity contribution in [1.29, 1.82) is 0 Å². The van der Waals surface area contributed by atoms with E-state index in [0.29, 0.717) is 13.2 Å². The molecule has 1 nitrogen and oxygen atoms in total. The summed E-state index contributed by atoms with van der Waals surface area (Å²) in [6, 6.07) is 0. The first kappa shape index (κ1) is 8.04. The first-order valence-electron chi connectivity index (χ1n) is 2.73. The molecule has 0 spiro atoms. The summed E-state index contributed by atoms with van der Waals surface area (Å²) >= 11 is 0. The summed E-state index contributed by atoms with van der Waals surface area (Å²) in [7, 11) is 0. The lowest BCUT2D eigenvalue weighted by Gasteiger charge is -1.88. The van der Waals surface area contributed by atoms with E-state index in [9.17, 15) is 0 Å². The molecule has 9 heavy (non-hydrogen) atoms. The topological polar surface area (TPSA) is 9.23 Å². The van der Waals surface area contributed by atoms with Crippen LogP contribution in [0.5, 0.6) is 0 Å². The molecule has 0 fully saturated rings. The van der Waals surface area contributed by atoms with Crippen LogP contribution in [0, 0.1) is 11.8 Å². The number of hydrogen-bond donors (Lipinski definition) is 0. The molecule has 0 radical (unpaired) electrons. The maximum atomic E-state index is 4.98. The highest BCUT2D eigenvalue weighted by molar-refractivity contribution is 4.95. The fraction of sp³-hybridized carbons (Fsp3) is 0.375. The van der Waals surface area contributed by atoms with E-state index in [0.717, 1.165) is 0 Å². The van der Waals surface area contributed by atoms with E-state index >= 15 is 0 Å². The predicted octanol–water partition coefficient (Wildman–Crippen LogP) is 1.37. The Morgan fingerprint density at radius 3 is 3.00 bits per heavy atom. The van der Waals surface area contributed by atoms with Crippen molar-refractivity contribution in [2.45, 2.75) is 6.92 Å². The molecule has 0 aromatic heterocycles. The summed E-state index contributed by atoms with van der Waals surface area (Å²) in [5, 5.41) is 0. The molecule has 48 valence electrons. The van der Waals surface area contributed by atoms with Gasteiger partial charge in [0.25, 0.3) is 0 Å². The SMILES string of the molecule is C=C=CCOCC#CC. The minimum absolute atomic E-state index is 0.495. The van der Waals surface area contributed by atoms with Gasteiger partial charge in [-0.2, -0.15) is 0 Å². The van der Waals surface area contributed by atoms with Crippen LogP contribution in [0.1, 0.15) is 6.92 Å². The van der Waals surface area contributed by atoms with Crippen LogP contribution in [0.2, 0.25) is 0 Å². The van der Waals surface area contributed by atoms with Crippen molar-refractivity contribution in [1.82, 2.24) is 0 Å². The van der Waals surface area contributed by atoms with Crippen molar-refractivity contribution in [3.05, 3.63) is 18.4 Å².